The Labute approximate surface area is 199 Å². The molecule has 34 heavy (non-hydrogen) atoms. The fourth-order valence-corrected chi connectivity index (χ4v) is 5.89. The summed E-state index contributed by atoms with van der Waals surface area (Å²) in [4.78, 5) is 48.7. The number of aromatic nitrogens is 4. The number of hydrogen-bond donors (Lipinski definition) is 2. The number of thioether (sulfide) groups is 1. The van der Waals surface area contributed by atoms with Crippen molar-refractivity contribution in [2.75, 3.05) is 30.7 Å². The van der Waals surface area contributed by atoms with Crippen LogP contribution < -0.4 is 21.8 Å². The van der Waals surface area contributed by atoms with Crippen LogP contribution in [0.3, 0.4) is 0 Å². The van der Waals surface area contributed by atoms with E-state index < -0.39 is 0 Å². The number of amides is 1. The van der Waals surface area contributed by atoms with E-state index in [1.165, 1.54) is 24.0 Å². The second-order valence-corrected chi connectivity index (χ2v) is 10.1. The van der Waals surface area contributed by atoms with Crippen LogP contribution in [0.15, 0.2) is 44.9 Å². The summed E-state index contributed by atoms with van der Waals surface area (Å²) in [5, 5.41) is 6.44. The maximum atomic E-state index is 12.6. The summed E-state index contributed by atoms with van der Waals surface area (Å²) in [6.07, 6.45) is 3.35. The highest BCUT2D eigenvalue weighted by Crippen LogP contribution is 2.30. The molecule has 2 N–H and O–H groups in total. The predicted molar refractivity (Wildman–Crippen MR) is 129 cm³/mol. The first kappa shape index (κ1) is 21.5. The van der Waals surface area contributed by atoms with Crippen molar-refractivity contribution >= 4 is 34.7 Å². The van der Waals surface area contributed by atoms with Crippen LogP contribution >= 0.6 is 11.8 Å². The van der Waals surface area contributed by atoms with Gasteiger partial charge in [0.05, 0.1) is 28.6 Å². The van der Waals surface area contributed by atoms with E-state index in [-0.39, 0.29) is 23.1 Å². The van der Waals surface area contributed by atoms with Crippen molar-refractivity contribution in [2.24, 2.45) is 0 Å². The number of rotatable bonds is 5. The third-order valence-electron chi connectivity index (χ3n) is 6.83. The van der Waals surface area contributed by atoms with Gasteiger partial charge in [-0.05, 0) is 44.1 Å². The molecule has 3 aromatic heterocycles. The standard InChI is InChI=1S/C23H25N7O3S/c31-19-13-34-18-3-1-15(26-22(18)27-19)9-24-14-5-7-28(8-6-14)11-16-12-29-20(32)4-2-17-23(29)30(16)21(33)10-25-17/h1-4,10,14,16,24H,5-9,11-13H2,(H,26,27,31). The fourth-order valence-electron chi connectivity index (χ4n) is 5.13. The first-order chi connectivity index (χ1) is 16.5. The Morgan fingerprint density at radius 1 is 1.09 bits per heavy atom. The molecular formula is C23H25N7O3S. The molecule has 11 heteroatoms. The summed E-state index contributed by atoms with van der Waals surface area (Å²) in [5.74, 6) is 1.09. The summed E-state index contributed by atoms with van der Waals surface area (Å²) in [6, 6.07) is 7.57. The fraction of sp³-hybridized carbons (Fsp3) is 0.435. The lowest BCUT2D eigenvalue weighted by Gasteiger charge is -2.34. The minimum Gasteiger partial charge on any atom is -0.309 e. The summed E-state index contributed by atoms with van der Waals surface area (Å²) in [7, 11) is 0. The van der Waals surface area contributed by atoms with Crippen molar-refractivity contribution in [3.05, 3.63) is 56.9 Å². The Bertz CT molecular complexity index is 1390. The summed E-state index contributed by atoms with van der Waals surface area (Å²) < 4.78 is 3.42. The number of carbonyl (C=O) groups is 1. The van der Waals surface area contributed by atoms with Gasteiger partial charge in [-0.2, -0.15) is 0 Å². The molecule has 0 radical (unpaired) electrons. The molecule has 1 fully saturated rings. The third-order valence-corrected chi connectivity index (χ3v) is 7.88. The van der Waals surface area contributed by atoms with Gasteiger partial charge in [-0.1, -0.05) is 0 Å². The number of piperidine rings is 1. The Balaban J connectivity index is 1.06. The van der Waals surface area contributed by atoms with E-state index in [2.05, 4.69) is 25.5 Å². The molecule has 0 spiro atoms. The average Bonchev–Trinajstić information content (AvgIpc) is 3.23. The number of fused-ring (bicyclic) bond motifs is 1. The quantitative estimate of drug-likeness (QED) is 0.553. The molecule has 3 aliphatic heterocycles. The molecule has 1 saturated heterocycles. The van der Waals surface area contributed by atoms with E-state index >= 15 is 0 Å². The molecule has 0 saturated carbocycles. The highest BCUT2D eigenvalue weighted by atomic mass is 32.2. The van der Waals surface area contributed by atoms with E-state index in [9.17, 15) is 14.4 Å². The van der Waals surface area contributed by atoms with E-state index in [0.29, 0.717) is 41.9 Å². The van der Waals surface area contributed by atoms with Crippen LogP contribution in [0.25, 0.3) is 11.2 Å². The van der Waals surface area contributed by atoms with Gasteiger partial charge in [-0.25, -0.2) is 9.97 Å². The Morgan fingerprint density at radius 2 is 1.94 bits per heavy atom. The smallest absolute Gasteiger partial charge is 0.270 e. The molecule has 10 nitrogen and oxygen atoms in total. The van der Waals surface area contributed by atoms with E-state index in [0.717, 1.165) is 43.1 Å². The van der Waals surface area contributed by atoms with Crippen LogP contribution in [-0.4, -0.2) is 61.3 Å². The van der Waals surface area contributed by atoms with Gasteiger partial charge in [0.15, 0.2) is 0 Å². The van der Waals surface area contributed by atoms with Crippen LogP contribution in [0.2, 0.25) is 0 Å². The maximum Gasteiger partial charge on any atom is 0.270 e. The van der Waals surface area contributed by atoms with Crippen molar-refractivity contribution in [3.8, 4) is 0 Å². The highest BCUT2D eigenvalue weighted by Gasteiger charge is 2.29. The van der Waals surface area contributed by atoms with Crippen molar-refractivity contribution in [3.63, 3.8) is 0 Å². The minimum absolute atomic E-state index is 0.00697. The number of carbonyl (C=O) groups excluding carboxylic acids is 1. The summed E-state index contributed by atoms with van der Waals surface area (Å²) >= 11 is 1.52. The second-order valence-electron chi connectivity index (χ2n) is 9.05. The second kappa shape index (κ2) is 8.64. The van der Waals surface area contributed by atoms with Gasteiger partial charge in [0, 0.05) is 31.7 Å². The molecular weight excluding hydrogens is 454 g/mol. The van der Waals surface area contributed by atoms with Crippen molar-refractivity contribution in [1.29, 1.82) is 0 Å². The van der Waals surface area contributed by atoms with Gasteiger partial charge in [-0.15, -0.1) is 11.8 Å². The highest BCUT2D eigenvalue weighted by molar-refractivity contribution is 8.00. The first-order valence-electron chi connectivity index (χ1n) is 11.5. The van der Waals surface area contributed by atoms with Crippen molar-refractivity contribution in [1.82, 2.24) is 29.3 Å². The van der Waals surface area contributed by atoms with Crippen LogP contribution in [0, 0.1) is 0 Å². The Morgan fingerprint density at radius 3 is 2.79 bits per heavy atom. The van der Waals surface area contributed by atoms with Crippen LogP contribution in [0.1, 0.15) is 24.6 Å². The Hall–Kier alpha value is -3.02. The number of nitrogens with one attached hydrogen (secondary N) is 2. The molecule has 1 unspecified atom stereocenters. The minimum atomic E-state index is -0.155. The molecule has 0 aromatic carbocycles. The lowest BCUT2D eigenvalue weighted by Crippen LogP contribution is -2.44. The first-order valence-corrected chi connectivity index (χ1v) is 12.5. The predicted octanol–water partition coefficient (Wildman–Crippen LogP) is 0.806. The number of pyridine rings is 2. The van der Waals surface area contributed by atoms with Gasteiger partial charge >= 0.3 is 0 Å². The zero-order valence-electron chi connectivity index (χ0n) is 18.6. The number of likely N-dealkylation sites (tertiary alicyclic amines) is 1. The maximum absolute atomic E-state index is 12.6. The van der Waals surface area contributed by atoms with Crippen LogP contribution in [0.4, 0.5) is 5.82 Å². The molecule has 3 aliphatic rings. The van der Waals surface area contributed by atoms with Crippen LogP contribution in [-0.2, 0) is 17.9 Å². The summed E-state index contributed by atoms with van der Waals surface area (Å²) in [5.41, 5.74) is 1.98. The third kappa shape index (κ3) is 3.93. The largest absolute Gasteiger partial charge is 0.309 e. The molecule has 0 bridgehead atoms. The molecule has 0 aliphatic carbocycles. The average molecular weight is 480 g/mol. The number of anilines is 1. The normalized spacial score (nSPS) is 20.5. The SMILES string of the molecule is O=C1CSc2ccc(CNC3CCN(CC4Cn5c(=O)ccc6ncc(=O)n4c65)CC3)nc2N1. The van der Waals surface area contributed by atoms with E-state index in [1.54, 1.807) is 15.2 Å². The van der Waals surface area contributed by atoms with Gasteiger partial charge < -0.3 is 15.5 Å². The van der Waals surface area contributed by atoms with Gasteiger partial charge in [0.25, 0.3) is 11.1 Å². The lowest BCUT2D eigenvalue weighted by molar-refractivity contribution is -0.113. The zero-order chi connectivity index (χ0) is 23.2. The van der Waals surface area contributed by atoms with E-state index in [4.69, 9.17) is 0 Å². The van der Waals surface area contributed by atoms with Gasteiger partial charge in [0.2, 0.25) is 5.91 Å². The molecule has 6 rings (SSSR count). The van der Waals surface area contributed by atoms with Crippen LogP contribution in [0.5, 0.6) is 0 Å². The lowest BCUT2D eigenvalue weighted by atomic mass is 10.0. The van der Waals surface area contributed by atoms with Gasteiger partial charge in [-0.3, -0.25) is 23.5 Å². The number of nitrogens with zero attached hydrogens (tertiary/aromatic N) is 5. The van der Waals surface area contributed by atoms with Crippen molar-refractivity contribution in [2.45, 2.75) is 42.9 Å². The van der Waals surface area contributed by atoms with Crippen molar-refractivity contribution < 1.29 is 4.79 Å². The topological polar surface area (TPSA) is 114 Å². The van der Waals surface area contributed by atoms with Gasteiger partial charge in [0.1, 0.15) is 17.0 Å². The molecule has 176 valence electrons. The number of hydrogen-bond acceptors (Lipinski definition) is 8. The molecule has 3 aromatic rings. The Kier molecular flexibility index (Phi) is 5.47. The summed E-state index contributed by atoms with van der Waals surface area (Å²) in [6.45, 7) is 3.74. The molecule has 1 atom stereocenters. The molecule has 1 amide bonds. The van der Waals surface area contributed by atoms with E-state index in [1.807, 2.05) is 12.1 Å². The molecule has 6 heterocycles. The zero-order valence-corrected chi connectivity index (χ0v) is 19.4. The monoisotopic (exact) mass is 479 g/mol.